The van der Waals surface area contributed by atoms with E-state index in [2.05, 4.69) is 0 Å². The average Bonchev–Trinajstić information content (AvgIpc) is 2.67. The normalized spacial score (nSPS) is 10.1. The third-order valence-electron chi connectivity index (χ3n) is 1.91. The molecule has 1 aromatic heterocycles. The first-order valence-electron chi connectivity index (χ1n) is 4.09. The molecule has 2 aromatic rings. The summed E-state index contributed by atoms with van der Waals surface area (Å²) in [4.78, 5) is 11.2. The van der Waals surface area contributed by atoms with Crippen LogP contribution in [0.1, 0.15) is 9.67 Å². The van der Waals surface area contributed by atoms with Crippen molar-refractivity contribution >= 4 is 29.2 Å². The Morgan fingerprint density at radius 1 is 1.14 bits per heavy atom. The predicted molar refractivity (Wildman–Crippen MR) is 60.2 cm³/mol. The maximum atomic E-state index is 10.5. The molecule has 0 aliphatic heterocycles. The molecule has 0 radical (unpaired) electrons. The lowest BCUT2D eigenvalue weighted by atomic mass is 10.1. The monoisotopic (exact) mass is 222 g/mol. The molecule has 2 rings (SSSR count). The average molecular weight is 223 g/mol. The van der Waals surface area contributed by atoms with Crippen molar-refractivity contribution in [2.75, 3.05) is 0 Å². The minimum atomic E-state index is 0.722. The van der Waals surface area contributed by atoms with Gasteiger partial charge in [0.25, 0.3) is 0 Å². The van der Waals surface area contributed by atoms with Crippen LogP contribution < -0.4 is 0 Å². The quantitative estimate of drug-likeness (QED) is 0.705. The number of benzene rings is 1. The molecule has 1 heterocycles. The van der Waals surface area contributed by atoms with Crippen LogP contribution in [0, 0.1) is 0 Å². The van der Waals surface area contributed by atoms with E-state index in [-0.39, 0.29) is 0 Å². The zero-order valence-corrected chi connectivity index (χ0v) is 8.81. The molecular weight excluding hydrogens is 216 g/mol. The minimum Gasteiger partial charge on any atom is -0.297 e. The SMILES string of the molecule is O=Cc1cc(-c2ccc(Cl)cc2)cs1. The second kappa shape index (κ2) is 3.95. The van der Waals surface area contributed by atoms with E-state index in [1.165, 1.54) is 11.3 Å². The standard InChI is InChI=1S/C11H7ClOS/c12-10-3-1-8(2-4-10)9-5-11(6-13)14-7-9/h1-7H. The highest BCUT2D eigenvalue weighted by Crippen LogP contribution is 2.25. The molecule has 0 N–H and O–H groups in total. The lowest BCUT2D eigenvalue weighted by Gasteiger charge is -1.96. The fraction of sp³-hybridized carbons (Fsp3) is 0. The van der Waals surface area contributed by atoms with E-state index in [1.807, 2.05) is 35.7 Å². The van der Waals surface area contributed by atoms with Gasteiger partial charge in [0.2, 0.25) is 0 Å². The van der Waals surface area contributed by atoms with Crippen LogP contribution in [0.25, 0.3) is 11.1 Å². The van der Waals surface area contributed by atoms with Crippen LogP contribution in [-0.2, 0) is 0 Å². The van der Waals surface area contributed by atoms with Crippen molar-refractivity contribution in [3.05, 3.63) is 45.6 Å². The van der Waals surface area contributed by atoms with E-state index >= 15 is 0 Å². The maximum absolute atomic E-state index is 10.5. The molecule has 1 aromatic carbocycles. The second-order valence-corrected chi connectivity index (χ2v) is 4.24. The van der Waals surface area contributed by atoms with E-state index in [0.717, 1.165) is 27.3 Å². The third kappa shape index (κ3) is 1.86. The molecule has 70 valence electrons. The summed E-state index contributed by atoms with van der Waals surface area (Å²) in [6, 6.07) is 9.45. The van der Waals surface area contributed by atoms with E-state index in [0.29, 0.717) is 0 Å². The van der Waals surface area contributed by atoms with Gasteiger partial charge in [0, 0.05) is 5.02 Å². The van der Waals surface area contributed by atoms with Crippen molar-refractivity contribution in [1.82, 2.24) is 0 Å². The van der Waals surface area contributed by atoms with Gasteiger partial charge in [-0.1, -0.05) is 23.7 Å². The summed E-state index contributed by atoms with van der Waals surface area (Å²) in [6.45, 7) is 0. The topological polar surface area (TPSA) is 17.1 Å². The first kappa shape index (κ1) is 9.44. The molecule has 0 saturated heterocycles. The maximum Gasteiger partial charge on any atom is 0.160 e. The van der Waals surface area contributed by atoms with Gasteiger partial charge in [-0.15, -0.1) is 11.3 Å². The first-order valence-corrected chi connectivity index (χ1v) is 5.35. The van der Waals surface area contributed by atoms with Crippen molar-refractivity contribution < 1.29 is 4.79 Å². The molecule has 0 aliphatic rings. The smallest absolute Gasteiger partial charge is 0.160 e. The third-order valence-corrected chi connectivity index (χ3v) is 3.02. The Labute approximate surface area is 91.0 Å². The van der Waals surface area contributed by atoms with Crippen LogP contribution in [0.3, 0.4) is 0 Å². The molecule has 3 heteroatoms. The summed E-state index contributed by atoms with van der Waals surface area (Å²) in [5.41, 5.74) is 2.15. The van der Waals surface area contributed by atoms with Crippen LogP contribution in [0.15, 0.2) is 35.7 Å². The fourth-order valence-electron chi connectivity index (χ4n) is 1.21. The van der Waals surface area contributed by atoms with Crippen LogP contribution in [-0.4, -0.2) is 6.29 Å². The highest BCUT2D eigenvalue weighted by Gasteiger charge is 2.01. The molecule has 0 atom stereocenters. The number of hydrogen-bond donors (Lipinski definition) is 0. The molecule has 14 heavy (non-hydrogen) atoms. The number of hydrogen-bond acceptors (Lipinski definition) is 2. The van der Waals surface area contributed by atoms with Gasteiger partial charge in [0.05, 0.1) is 4.88 Å². The number of rotatable bonds is 2. The predicted octanol–water partition coefficient (Wildman–Crippen LogP) is 3.88. The second-order valence-electron chi connectivity index (χ2n) is 2.86. The Balaban J connectivity index is 2.39. The van der Waals surface area contributed by atoms with Gasteiger partial charge in [0.1, 0.15) is 0 Å². The van der Waals surface area contributed by atoms with Gasteiger partial charge >= 0.3 is 0 Å². The highest BCUT2D eigenvalue weighted by molar-refractivity contribution is 7.12. The summed E-state index contributed by atoms with van der Waals surface area (Å²) < 4.78 is 0. The lowest BCUT2D eigenvalue weighted by Crippen LogP contribution is -1.72. The Bertz CT molecular complexity index is 445. The van der Waals surface area contributed by atoms with Gasteiger partial charge < -0.3 is 0 Å². The Morgan fingerprint density at radius 3 is 2.43 bits per heavy atom. The summed E-state index contributed by atoms with van der Waals surface area (Å²) in [5, 5.41) is 2.69. The zero-order chi connectivity index (χ0) is 9.97. The van der Waals surface area contributed by atoms with Crippen LogP contribution in [0.5, 0.6) is 0 Å². The Kier molecular flexibility index (Phi) is 2.66. The zero-order valence-electron chi connectivity index (χ0n) is 7.24. The Hall–Kier alpha value is -1.12. The van der Waals surface area contributed by atoms with Crippen LogP contribution in [0.4, 0.5) is 0 Å². The molecule has 0 aliphatic carbocycles. The van der Waals surface area contributed by atoms with Gasteiger partial charge in [-0.3, -0.25) is 4.79 Å². The molecule has 0 amide bonds. The molecular formula is C11H7ClOS. The number of halogens is 1. The van der Waals surface area contributed by atoms with Crippen LogP contribution in [0.2, 0.25) is 5.02 Å². The number of aldehydes is 1. The molecule has 0 unspecified atom stereocenters. The molecule has 0 saturated carbocycles. The number of carbonyl (C=O) groups is 1. The molecule has 1 nitrogen and oxygen atoms in total. The van der Waals surface area contributed by atoms with Crippen molar-refractivity contribution in [3.8, 4) is 11.1 Å². The summed E-state index contributed by atoms with van der Waals surface area (Å²) >= 11 is 7.23. The van der Waals surface area contributed by atoms with E-state index in [4.69, 9.17) is 11.6 Å². The van der Waals surface area contributed by atoms with E-state index in [1.54, 1.807) is 0 Å². The van der Waals surface area contributed by atoms with Gasteiger partial charge in [0.15, 0.2) is 6.29 Å². The van der Waals surface area contributed by atoms with Crippen molar-refractivity contribution in [2.45, 2.75) is 0 Å². The molecule has 0 bridgehead atoms. The van der Waals surface area contributed by atoms with Crippen molar-refractivity contribution in [3.63, 3.8) is 0 Å². The highest BCUT2D eigenvalue weighted by atomic mass is 35.5. The lowest BCUT2D eigenvalue weighted by molar-refractivity contribution is 0.112. The number of carbonyl (C=O) groups excluding carboxylic acids is 1. The first-order chi connectivity index (χ1) is 6.79. The van der Waals surface area contributed by atoms with Gasteiger partial charge in [-0.25, -0.2) is 0 Å². The van der Waals surface area contributed by atoms with Crippen molar-refractivity contribution in [2.24, 2.45) is 0 Å². The van der Waals surface area contributed by atoms with Crippen molar-refractivity contribution in [1.29, 1.82) is 0 Å². The van der Waals surface area contributed by atoms with E-state index in [9.17, 15) is 4.79 Å². The number of thiophene rings is 1. The Morgan fingerprint density at radius 2 is 1.86 bits per heavy atom. The van der Waals surface area contributed by atoms with Crippen LogP contribution >= 0.6 is 22.9 Å². The largest absolute Gasteiger partial charge is 0.297 e. The summed E-state index contributed by atoms with van der Waals surface area (Å²) in [6.07, 6.45) is 0.865. The molecule has 0 spiro atoms. The molecule has 0 fully saturated rings. The fourth-order valence-corrected chi connectivity index (χ4v) is 2.05. The van der Waals surface area contributed by atoms with Gasteiger partial charge in [-0.2, -0.15) is 0 Å². The summed E-state index contributed by atoms with van der Waals surface area (Å²) in [7, 11) is 0. The summed E-state index contributed by atoms with van der Waals surface area (Å²) in [5.74, 6) is 0. The van der Waals surface area contributed by atoms with Gasteiger partial charge in [-0.05, 0) is 34.7 Å². The minimum absolute atomic E-state index is 0.722. The van der Waals surface area contributed by atoms with E-state index < -0.39 is 0 Å².